The fourth-order valence-corrected chi connectivity index (χ4v) is 2.10. The van der Waals surface area contributed by atoms with E-state index >= 15 is 0 Å². The van der Waals surface area contributed by atoms with E-state index in [2.05, 4.69) is 15.2 Å². The summed E-state index contributed by atoms with van der Waals surface area (Å²) in [5.41, 5.74) is 2.81. The number of thiazole rings is 1. The van der Waals surface area contributed by atoms with Crippen molar-refractivity contribution in [2.45, 2.75) is 13.5 Å². The van der Waals surface area contributed by atoms with Crippen LogP contribution in [0, 0.1) is 6.92 Å². The lowest BCUT2D eigenvalue weighted by Crippen LogP contribution is -2.04. The SMILES string of the molecule is COCCn1cnnc1-c1scnc1C. The number of aromatic nitrogens is 4. The van der Waals surface area contributed by atoms with Crippen molar-refractivity contribution in [1.82, 2.24) is 19.7 Å². The van der Waals surface area contributed by atoms with Gasteiger partial charge in [-0.1, -0.05) is 0 Å². The molecule has 2 heterocycles. The van der Waals surface area contributed by atoms with E-state index in [1.54, 1.807) is 24.8 Å². The van der Waals surface area contributed by atoms with Crippen LogP contribution in [0.2, 0.25) is 0 Å². The first kappa shape index (κ1) is 10.3. The van der Waals surface area contributed by atoms with Crippen LogP contribution < -0.4 is 0 Å². The number of hydrogen-bond donors (Lipinski definition) is 0. The third kappa shape index (κ3) is 2.05. The standard InChI is InChI=1S/C9H12N4OS/c1-7-8(15-6-10-7)9-12-11-5-13(9)3-4-14-2/h5-6H,3-4H2,1-2H3. The third-order valence-corrected chi connectivity index (χ3v) is 3.02. The second-order valence-electron chi connectivity index (χ2n) is 3.11. The highest BCUT2D eigenvalue weighted by atomic mass is 32.1. The van der Waals surface area contributed by atoms with Crippen molar-refractivity contribution in [2.75, 3.05) is 13.7 Å². The van der Waals surface area contributed by atoms with Gasteiger partial charge in [-0.2, -0.15) is 0 Å². The number of rotatable bonds is 4. The first-order valence-corrected chi connectivity index (χ1v) is 5.48. The Kier molecular flexibility index (Phi) is 3.08. The van der Waals surface area contributed by atoms with E-state index in [-0.39, 0.29) is 0 Å². The van der Waals surface area contributed by atoms with Crippen LogP contribution in [-0.4, -0.2) is 33.5 Å². The van der Waals surface area contributed by atoms with E-state index in [1.165, 1.54) is 0 Å². The summed E-state index contributed by atoms with van der Waals surface area (Å²) in [7, 11) is 1.68. The van der Waals surface area contributed by atoms with Crippen LogP contribution in [0.3, 0.4) is 0 Å². The molecule has 0 aliphatic carbocycles. The maximum Gasteiger partial charge on any atom is 0.175 e. The van der Waals surface area contributed by atoms with E-state index in [9.17, 15) is 0 Å². The molecule has 0 aliphatic rings. The molecule has 0 aliphatic heterocycles. The smallest absolute Gasteiger partial charge is 0.175 e. The summed E-state index contributed by atoms with van der Waals surface area (Å²) >= 11 is 1.58. The second-order valence-corrected chi connectivity index (χ2v) is 3.96. The highest BCUT2D eigenvalue weighted by Crippen LogP contribution is 2.24. The summed E-state index contributed by atoms with van der Waals surface area (Å²) in [5.74, 6) is 0.868. The van der Waals surface area contributed by atoms with Crippen LogP contribution in [0.5, 0.6) is 0 Å². The molecule has 0 atom stereocenters. The molecule has 0 saturated carbocycles. The van der Waals surface area contributed by atoms with Crippen molar-refractivity contribution in [1.29, 1.82) is 0 Å². The van der Waals surface area contributed by atoms with Crippen molar-refractivity contribution in [3.63, 3.8) is 0 Å². The van der Waals surface area contributed by atoms with E-state index < -0.39 is 0 Å². The van der Waals surface area contributed by atoms with Crippen molar-refractivity contribution in [3.8, 4) is 10.7 Å². The first-order valence-electron chi connectivity index (χ1n) is 4.60. The molecule has 0 unspecified atom stereocenters. The molecule has 0 saturated heterocycles. The Balaban J connectivity index is 2.29. The molecule has 0 fully saturated rings. The minimum Gasteiger partial charge on any atom is -0.383 e. The van der Waals surface area contributed by atoms with Gasteiger partial charge in [0.1, 0.15) is 6.33 Å². The number of aryl methyl sites for hydroxylation is 1. The quantitative estimate of drug-likeness (QED) is 0.786. The Labute approximate surface area is 91.7 Å². The monoisotopic (exact) mass is 224 g/mol. The summed E-state index contributed by atoms with van der Waals surface area (Å²) in [6.45, 7) is 3.39. The largest absolute Gasteiger partial charge is 0.383 e. The Morgan fingerprint density at radius 1 is 1.53 bits per heavy atom. The van der Waals surface area contributed by atoms with E-state index in [0.717, 1.165) is 22.9 Å². The maximum absolute atomic E-state index is 5.03. The van der Waals surface area contributed by atoms with Crippen molar-refractivity contribution >= 4 is 11.3 Å². The maximum atomic E-state index is 5.03. The second kappa shape index (κ2) is 4.50. The summed E-state index contributed by atoms with van der Waals surface area (Å²) < 4.78 is 7.01. The van der Waals surface area contributed by atoms with Gasteiger partial charge in [0.2, 0.25) is 0 Å². The summed E-state index contributed by atoms with van der Waals surface area (Å²) in [4.78, 5) is 5.27. The fourth-order valence-electron chi connectivity index (χ4n) is 1.30. The zero-order valence-corrected chi connectivity index (χ0v) is 9.49. The van der Waals surface area contributed by atoms with Gasteiger partial charge >= 0.3 is 0 Å². The number of nitrogens with zero attached hydrogens (tertiary/aromatic N) is 4. The summed E-state index contributed by atoms with van der Waals surface area (Å²) in [5, 5.41) is 8.01. The van der Waals surface area contributed by atoms with Crippen LogP contribution in [0.1, 0.15) is 5.69 Å². The van der Waals surface area contributed by atoms with Gasteiger partial charge in [0.05, 0.1) is 22.7 Å². The van der Waals surface area contributed by atoms with Gasteiger partial charge < -0.3 is 9.30 Å². The number of methoxy groups -OCH3 is 1. The van der Waals surface area contributed by atoms with Crippen LogP contribution in [0.4, 0.5) is 0 Å². The molecule has 0 spiro atoms. The Morgan fingerprint density at radius 2 is 2.40 bits per heavy atom. The van der Waals surface area contributed by atoms with E-state index in [0.29, 0.717) is 6.61 Å². The lowest BCUT2D eigenvalue weighted by atomic mass is 10.4. The minimum absolute atomic E-state index is 0.656. The van der Waals surface area contributed by atoms with Gasteiger partial charge in [0, 0.05) is 13.7 Å². The molecular weight excluding hydrogens is 212 g/mol. The van der Waals surface area contributed by atoms with Crippen LogP contribution in [0.25, 0.3) is 10.7 Å². The molecule has 2 aromatic rings. The summed E-state index contributed by atoms with van der Waals surface area (Å²) in [6, 6.07) is 0. The highest BCUT2D eigenvalue weighted by molar-refractivity contribution is 7.13. The van der Waals surface area contributed by atoms with Crippen molar-refractivity contribution < 1.29 is 4.74 Å². The van der Waals surface area contributed by atoms with E-state index in [4.69, 9.17) is 4.74 Å². The van der Waals surface area contributed by atoms with Crippen LogP contribution >= 0.6 is 11.3 Å². The lowest BCUT2D eigenvalue weighted by Gasteiger charge is -2.03. The fraction of sp³-hybridized carbons (Fsp3) is 0.444. The Hall–Kier alpha value is -1.27. The zero-order chi connectivity index (χ0) is 10.7. The summed E-state index contributed by atoms with van der Waals surface area (Å²) in [6.07, 6.45) is 1.72. The predicted molar refractivity (Wildman–Crippen MR) is 57.7 cm³/mol. The molecule has 2 rings (SSSR count). The molecular formula is C9H12N4OS. The molecule has 0 radical (unpaired) electrons. The van der Waals surface area contributed by atoms with Gasteiger partial charge in [0.15, 0.2) is 5.82 Å². The molecule has 2 aromatic heterocycles. The molecule has 0 N–H and O–H groups in total. The van der Waals surface area contributed by atoms with Gasteiger partial charge in [-0.15, -0.1) is 21.5 Å². The number of ether oxygens (including phenoxy) is 1. The van der Waals surface area contributed by atoms with Crippen LogP contribution in [0.15, 0.2) is 11.8 Å². The Bertz CT molecular complexity index is 437. The van der Waals surface area contributed by atoms with E-state index in [1.807, 2.05) is 17.0 Å². The average molecular weight is 224 g/mol. The molecule has 5 nitrogen and oxygen atoms in total. The number of hydrogen-bond acceptors (Lipinski definition) is 5. The molecule has 0 amide bonds. The van der Waals surface area contributed by atoms with Crippen molar-refractivity contribution in [2.24, 2.45) is 0 Å². The first-order chi connectivity index (χ1) is 7.33. The highest BCUT2D eigenvalue weighted by Gasteiger charge is 2.11. The molecule has 15 heavy (non-hydrogen) atoms. The van der Waals surface area contributed by atoms with Crippen LogP contribution in [-0.2, 0) is 11.3 Å². The Morgan fingerprint density at radius 3 is 3.07 bits per heavy atom. The minimum atomic E-state index is 0.656. The molecule has 0 aromatic carbocycles. The molecule has 0 bridgehead atoms. The van der Waals surface area contributed by atoms with Gasteiger partial charge in [-0.3, -0.25) is 0 Å². The normalized spacial score (nSPS) is 10.8. The predicted octanol–water partition coefficient (Wildman–Crippen LogP) is 1.36. The van der Waals surface area contributed by atoms with Gasteiger partial charge in [-0.25, -0.2) is 4.98 Å². The van der Waals surface area contributed by atoms with Crippen molar-refractivity contribution in [3.05, 3.63) is 17.5 Å². The molecule has 6 heteroatoms. The van der Waals surface area contributed by atoms with Gasteiger partial charge in [0.25, 0.3) is 0 Å². The zero-order valence-electron chi connectivity index (χ0n) is 8.67. The topological polar surface area (TPSA) is 52.8 Å². The third-order valence-electron chi connectivity index (χ3n) is 2.10. The van der Waals surface area contributed by atoms with Gasteiger partial charge in [-0.05, 0) is 6.92 Å². The lowest BCUT2D eigenvalue weighted by molar-refractivity contribution is 0.187. The average Bonchev–Trinajstić information content (AvgIpc) is 2.82. The molecule has 80 valence electrons.